The van der Waals surface area contributed by atoms with Crippen LogP contribution < -0.4 is 15.4 Å². The maximum atomic E-state index is 12.5. The van der Waals surface area contributed by atoms with E-state index in [-0.39, 0.29) is 5.75 Å². The molecule has 3 nitrogen and oxygen atoms in total. The van der Waals surface area contributed by atoms with Gasteiger partial charge in [-0.3, -0.25) is 0 Å². The summed E-state index contributed by atoms with van der Waals surface area (Å²) in [5, 5.41) is 6.43. The molecule has 0 saturated heterocycles. The van der Waals surface area contributed by atoms with Crippen molar-refractivity contribution >= 4 is 34.6 Å². The lowest BCUT2D eigenvalue weighted by molar-refractivity contribution is -0.0964. The Labute approximate surface area is 137 Å². The normalized spacial score (nSPS) is 10.9. The van der Waals surface area contributed by atoms with Crippen LogP contribution in [0.1, 0.15) is 5.56 Å². The first-order chi connectivity index (χ1) is 10.4. The second kappa shape index (κ2) is 7.38. The molecule has 0 amide bonds. The van der Waals surface area contributed by atoms with Crippen LogP contribution in [-0.2, 0) is 6.54 Å². The van der Waals surface area contributed by atoms with Crippen molar-refractivity contribution in [2.24, 2.45) is 0 Å². The molecule has 0 aliphatic heterocycles. The fourth-order valence-corrected chi connectivity index (χ4v) is 1.97. The Kier molecular flexibility index (Phi) is 5.51. The first-order valence-corrected chi connectivity index (χ1v) is 7.15. The molecule has 0 aliphatic rings. The fourth-order valence-electron chi connectivity index (χ4n) is 1.69. The minimum atomic E-state index is -3.72. The highest BCUT2D eigenvalue weighted by Gasteiger charge is 2.27. The van der Waals surface area contributed by atoms with Gasteiger partial charge in [-0.25, -0.2) is 0 Å². The third-order valence-corrected chi connectivity index (χ3v) is 2.97. The van der Waals surface area contributed by atoms with Gasteiger partial charge in [0.15, 0.2) is 5.11 Å². The largest absolute Gasteiger partial charge is 0.487 e. The van der Waals surface area contributed by atoms with E-state index in [2.05, 4.69) is 27.0 Å². The number of nitrogens with one attached hydrogen (secondary N) is 2. The van der Waals surface area contributed by atoms with E-state index in [0.717, 1.165) is 5.56 Å². The maximum absolute atomic E-state index is 12.5. The lowest BCUT2D eigenvalue weighted by Crippen LogP contribution is -2.27. The predicted octanol–water partition coefficient (Wildman–Crippen LogP) is 4.34. The summed E-state index contributed by atoms with van der Waals surface area (Å²) < 4.78 is 29.2. The van der Waals surface area contributed by atoms with E-state index in [9.17, 15) is 8.78 Å². The van der Waals surface area contributed by atoms with Gasteiger partial charge in [-0.2, -0.15) is 0 Å². The number of anilines is 1. The molecule has 0 unspecified atom stereocenters. The van der Waals surface area contributed by atoms with E-state index >= 15 is 0 Å². The van der Waals surface area contributed by atoms with Crippen LogP contribution in [0.4, 0.5) is 14.5 Å². The van der Waals surface area contributed by atoms with Crippen LogP contribution in [0.15, 0.2) is 54.6 Å². The van der Waals surface area contributed by atoms with E-state index in [4.69, 9.17) is 12.2 Å². The monoisotopic (exact) mass is 342 g/mol. The molecule has 0 bridgehead atoms. The van der Waals surface area contributed by atoms with Gasteiger partial charge in [0.05, 0.1) is 0 Å². The molecule has 0 aliphatic carbocycles. The fraction of sp³-hybridized carbons (Fsp3) is 0.133. The minimum Gasteiger partial charge on any atom is -0.420 e. The molecule has 2 rings (SSSR count). The third kappa shape index (κ3) is 5.83. The lowest BCUT2D eigenvalue weighted by Gasteiger charge is -2.13. The molecule has 2 aromatic carbocycles. The Hall–Kier alpha value is -1.92. The van der Waals surface area contributed by atoms with Crippen molar-refractivity contribution < 1.29 is 13.5 Å². The van der Waals surface area contributed by atoms with Crippen LogP contribution in [0.3, 0.4) is 0 Å². The Balaban J connectivity index is 1.84. The third-order valence-electron chi connectivity index (χ3n) is 2.64. The molecule has 2 aromatic rings. The summed E-state index contributed by atoms with van der Waals surface area (Å²) in [6.45, 7) is 0.590. The van der Waals surface area contributed by atoms with E-state index in [1.807, 2.05) is 30.3 Å². The molecule has 2 N–H and O–H groups in total. The summed E-state index contributed by atoms with van der Waals surface area (Å²) in [6.07, 6.45) is 0. The summed E-state index contributed by atoms with van der Waals surface area (Å²) in [5.41, 5.74) is -1.97. The van der Waals surface area contributed by atoms with Crippen LogP contribution >= 0.6 is 23.8 Å². The highest BCUT2D eigenvalue weighted by atomic mass is 35.5. The standard InChI is InChI=1S/C15H13ClF2N2OS/c16-15(17,18)21-13-8-6-12(7-9-13)20-14(22)19-10-11-4-2-1-3-5-11/h1-9H,10H2,(H2,19,20,22). The number of rotatable bonds is 5. The summed E-state index contributed by atoms with van der Waals surface area (Å²) in [5.74, 6) is -0.0336. The molecule has 116 valence electrons. The number of alkyl halides is 3. The van der Waals surface area contributed by atoms with Crippen molar-refractivity contribution in [1.29, 1.82) is 0 Å². The Morgan fingerprint density at radius 2 is 1.73 bits per heavy atom. The summed E-state index contributed by atoms with van der Waals surface area (Å²) in [4.78, 5) is 0. The molecular weight excluding hydrogens is 330 g/mol. The summed E-state index contributed by atoms with van der Waals surface area (Å²) in [7, 11) is 0. The van der Waals surface area contributed by atoms with Crippen molar-refractivity contribution in [3.8, 4) is 5.75 Å². The molecular formula is C15H13ClF2N2OS. The van der Waals surface area contributed by atoms with E-state index in [1.165, 1.54) is 12.1 Å². The Bertz CT molecular complexity index is 618. The molecule has 0 atom stereocenters. The second-order valence-electron chi connectivity index (χ2n) is 4.37. The SMILES string of the molecule is FC(F)(Cl)Oc1ccc(NC(=S)NCc2ccccc2)cc1. The van der Waals surface area contributed by atoms with Crippen molar-refractivity contribution in [2.45, 2.75) is 12.1 Å². The highest BCUT2D eigenvalue weighted by Crippen LogP contribution is 2.25. The van der Waals surface area contributed by atoms with E-state index < -0.39 is 5.57 Å². The molecule has 0 heterocycles. The molecule has 7 heteroatoms. The van der Waals surface area contributed by atoms with Gasteiger partial charge in [-0.05, 0) is 42.0 Å². The van der Waals surface area contributed by atoms with Crippen LogP contribution in [-0.4, -0.2) is 10.7 Å². The Morgan fingerprint density at radius 1 is 1.09 bits per heavy atom. The van der Waals surface area contributed by atoms with E-state index in [0.29, 0.717) is 17.3 Å². The number of halogens is 3. The van der Waals surface area contributed by atoms with Gasteiger partial charge in [-0.15, -0.1) is 8.78 Å². The summed E-state index contributed by atoms with van der Waals surface area (Å²) >= 11 is 9.85. The summed E-state index contributed by atoms with van der Waals surface area (Å²) in [6, 6.07) is 15.7. The smallest absolute Gasteiger partial charge is 0.420 e. The Morgan fingerprint density at radius 3 is 2.32 bits per heavy atom. The number of hydrogen-bond acceptors (Lipinski definition) is 2. The second-order valence-corrected chi connectivity index (χ2v) is 5.21. The zero-order valence-electron chi connectivity index (χ0n) is 11.4. The van der Waals surface area contributed by atoms with Gasteiger partial charge in [0.2, 0.25) is 0 Å². The van der Waals surface area contributed by atoms with Gasteiger partial charge < -0.3 is 15.4 Å². The molecule has 0 saturated carbocycles. The predicted molar refractivity (Wildman–Crippen MR) is 87.4 cm³/mol. The molecule has 0 fully saturated rings. The number of hydrogen-bond donors (Lipinski definition) is 2. The lowest BCUT2D eigenvalue weighted by atomic mass is 10.2. The number of benzene rings is 2. The molecule has 22 heavy (non-hydrogen) atoms. The number of ether oxygens (including phenoxy) is 1. The zero-order valence-corrected chi connectivity index (χ0v) is 12.9. The topological polar surface area (TPSA) is 33.3 Å². The van der Waals surface area contributed by atoms with Gasteiger partial charge >= 0.3 is 5.57 Å². The molecule has 0 aromatic heterocycles. The van der Waals surface area contributed by atoms with E-state index in [1.54, 1.807) is 12.1 Å². The average Bonchev–Trinajstić information content (AvgIpc) is 2.47. The van der Waals surface area contributed by atoms with Crippen LogP contribution in [0, 0.1) is 0 Å². The first-order valence-electron chi connectivity index (χ1n) is 6.37. The van der Waals surface area contributed by atoms with Gasteiger partial charge in [0.1, 0.15) is 5.75 Å². The zero-order chi connectivity index (χ0) is 16.0. The van der Waals surface area contributed by atoms with Gasteiger partial charge in [0, 0.05) is 23.8 Å². The number of thiocarbonyl (C=S) groups is 1. The van der Waals surface area contributed by atoms with Crippen LogP contribution in [0.25, 0.3) is 0 Å². The first kappa shape index (κ1) is 16.5. The van der Waals surface area contributed by atoms with Gasteiger partial charge in [-0.1, -0.05) is 30.3 Å². The van der Waals surface area contributed by atoms with Gasteiger partial charge in [0.25, 0.3) is 0 Å². The minimum absolute atomic E-state index is 0.0336. The van der Waals surface area contributed by atoms with Crippen LogP contribution in [0.2, 0.25) is 0 Å². The molecule has 0 radical (unpaired) electrons. The average molecular weight is 343 g/mol. The maximum Gasteiger partial charge on any atom is 0.487 e. The highest BCUT2D eigenvalue weighted by molar-refractivity contribution is 7.80. The quantitative estimate of drug-likeness (QED) is 0.625. The van der Waals surface area contributed by atoms with Crippen molar-refractivity contribution in [1.82, 2.24) is 5.32 Å². The van der Waals surface area contributed by atoms with Crippen LogP contribution in [0.5, 0.6) is 5.75 Å². The van der Waals surface area contributed by atoms with Crippen molar-refractivity contribution in [3.05, 3.63) is 60.2 Å². The molecule has 0 spiro atoms. The van der Waals surface area contributed by atoms with Crippen molar-refractivity contribution in [2.75, 3.05) is 5.32 Å². The van der Waals surface area contributed by atoms with Crippen molar-refractivity contribution in [3.63, 3.8) is 0 Å².